The minimum absolute atomic E-state index is 0.156. The molecule has 1 aliphatic rings. The Morgan fingerprint density at radius 1 is 1.33 bits per heavy atom. The molecule has 1 aliphatic heterocycles. The molecule has 0 radical (unpaired) electrons. The van der Waals surface area contributed by atoms with Crippen LogP contribution in [-0.4, -0.2) is 29.9 Å². The molecule has 1 aromatic rings. The van der Waals surface area contributed by atoms with Crippen LogP contribution in [0.2, 0.25) is 0 Å². The van der Waals surface area contributed by atoms with E-state index in [0.29, 0.717) is 23.6 Å². The van der Waals surface area contributed by atoms with Gasteiger partial charge in [0.25, 0.3) is 0 Å². The van der Waals surface area contributed by atoms with E-state index in [1.165, 1.54) is 0 Å². The molecule has 2 amide bonds. The van der Waals surface area contributed by atoms with Crippen LogP contribution < -0.4 is 20.1 Å². The van der Waals surface area contributed by atoms with E-state index in [9.17, 15) is 9.59 Å². The fourth-order valence-corrected chi connectivity index (χ4v) is 1.97. The van der Waals surface area contributed by atoms with Crippen molar-refractivity contribution in [2.45, 2.75) is 32.2 Å². The van der Waals surface area contributed by atoms with E-state index in [0.717, 1.165) is 12.8 Å². The monoisotopic (exact) mass is 294 g/mol. The first-order valence-corrected chi connectivity index (χ1v) is 6.80. The van der Waals surface area contributed by atoms with Crippen molar-refractivity contribution >= 4 is 17.7 Å². The Morgan fingerprint density at radius 3 is 2.81 bits per heavy atom. The third-order valence-corrected chi connectivity index (χ3v) is 3.08. The largest absolute Gasteiger partial charge is 0.480 e. The van der Waals surface area contributed by atoms with Gasteiger partial charge in [0.15, 0.2) is 11.5 Å². The lowest BCUT2D eigenvalue weighted by Gasteiger charge is -2.14. The Balaban J connectivity index is 1.92. The van der Waals surface area contributed by atoms with Gasteiger partial charge in [-0.3, -0.25) is 0 Å². The maximum Gasteiger partial charge on any atom is 0.326 e. The van der Waals surface area contributed by atoms with Gasteiger partial charge in [-0.15, -0.1) is 0 Å². The fourth-order valence-electron chi connectivity index (χ4n) is 1.97. The lowest BCUT2D eigenvalue weighted by atomic mass is 10.1. The van der Waals surface area contributed by atoms with Gasteiger partial charge in [-0.1, -0.05) is 19.8 Å². The summed E-state index contributed by atoms with van der Waals surface area (Å²) >= 11 is 0. The zero-order valence-electron chi connectivity index (χ0n) is 11.7. The number of carboxylic acids is 1. The zero-order valence-corrected chi connectivity index (χ0v) is 11.7. The number of anilines is 1. The lowest BCUT2D eigenvalue weighted by molar-refractivity contribution is -0.139. The topological polar surface area (TPSA) is 96.9 Å². The minimum atomic E-state index is -1.04. The second kappa shape index (κ2) is 6.83. The molecule has 1 aromatic carbocycles. The van der Waals surface area contributed by atoms with Crippen LogP contribution in [0.4, 0.5) is 10.5 Å². The summed E-state index contributed by atoms with van der Waals surface area (Å²) in [7, 11) is 0. The number of unbranched alkanes of at least 4 members (excludes halogenated alkanes) is 1. The van der Waals surface area contributed by atoms with Crippen LogP contribution >= 0.6 is 0 Å². The maximum absolute atomic E-state index is 11.8. The Bertz CT molecular complexity index is 532. The van der Waals surface area contributed by atoms with Crippen molar-refractivity contribution in [3.8, 4) is 11.5 Å². The molecule has 1 unspecified atom stereocenters. The summed E-state index contributed by atoms with van der Waals surface area (Å²) in [5.41, 5.74) is 0.511. The molecule has 7 nitrogen and oxygen atoms in total. The van der Waals surface area contributed by atoms with Gasteiger partial charge in [-0.05, 0) is 18.6 Å². The third kappa shape index (κ3) is 4.01. The number of benzene rings is 1. The molecule has 1 heterocycles. The maximum atomic E-state index is 11.8. The molecule has 1 atom stereocenters. The first kappa shape index (κ1) is 15.0. The van der Waals surface area contributed by atoms with Crippen molar-refractivity contribution in [1.29, 1.82) is 0 Å². The summed E-state index contributed by atoms with van der Waals surface area (Å²) in [6.45, 7) is 2.12. The number of carbonyl (C=O) groups excluding carboxylic acids is 1. The first-order chi connectivity index (χ1) is 10.1. The first-order valence-electron chi connectivity index (χ1n) is 6.80. The molecular weight excluding hydrogens is 276 g/mol. The van der Waals surface area contributed by atoms with Crippen molar-refractivity contribution < 1.29 is 24.2 Å². The average molecular weight is 294 g/mol. The summed E-state index contributed by atoms with van der Waals surface area (Å²) < 4.78 is 10.4. The number of hydrogen-bond acceptors (Lipinski definition) is 4. The van der Waals surface area contributed by atoms with Crippen LogP contribution in [0, 0.1) is 0 Å². The Kier molecular flexibility index (Phi) is 4.86. The predicted molar refractivity (Wildman–Crippen MR) is 75.7 cm³/mol. The van der Waals surface area contributed by atoms with Gasteiger partial charge in [-0.25, -0.2) is 9.59 Å². The SMILES string of the molecule is CCCCC(NC(=O)Nc1ccc2c(c1)OCO2)C(=O)O. The number of amides is 2. The molecule has 7 heteroatoms. The summed E-state index contributed by atoms with van der Waals surface area (Å²) in [5.74, 6) is 0.130. The number of hydrogen-bond donors (Lipinski definition) is 3. The summed E-state index contributed by atoms with van der Waals surface area (Å²) in [6.07, 6.45) is 2.01. The van der Waals surface area contributed by atoms with E-state index in [-0.39, 0.29) is 6.79 Å². The summed E-state index contributed by atoms with van der Waals surface area (Å²) in [4.78, 5) is 22.9. The summed E-state index contributed by atoms with van der Waals surface area (Å²) in [5, 5.41) is 14.1. The van der Waals surface area contributed by atoms with Gasteiger partial charge in [0.2, 0.25) is 6.79 Å². The molecule has 0 aliphatic carbocycles. The molecule has 114 valence electrons. The van der Waals surface area contributed by atoms with Gasteiger partial charge in [0.1, 0.15) is 6.04 Å². The van der Waals surface area contributed by atoms with Crippen LogP contribution in [0.15, 0.2) is 18.2 Å². The van der Waals surface area contributed by atoms with Crippen molar-refractivity contribution in [1.82, 2.24) is 5.32 Å². The number of carbonyl (C=O) groups is 2. The van der Waals surface area contributed by atoms with Gasteiger partial charge < -0.3 is 25.2 Å². The summed E-state index contributed by atoms with van der Waals surface area (Å²) in [6, 6.07) is 3.53. The van der Waals surface area contributed by atoms with Crippen molar-refractivity contribution in [2.75, 3.05) is 12.1 Å². The van der Waals surface area contributed by atoms with E-state index in [2.05, 4.69) is 10.6 Å². The lowest BCUT2D eigenvalue weighted by Crippen LogP contribution is -2.42. The molecule has 2 rings (SSSR count). The van der Waals surface area contributed by atoms with Gasteiger partial charge in [-0.2, -0.15) is 0 Å². The van der Waals surface area contributed by atoms with Crippen molar-refractivity contribution in [2.24, 2.45) is 0 Å². The molecule has 0 saturated heterocycles. The fraction of sp³-hybridized carbons (Fsp3) is 0.429. The van der Waals surface area contributed by atoms with Gasteiger partial charge >= 0.3 is 12.0 Å². The quantitative estimate of drug-likeness (QED) is 0.747. The second-order valence-electron chi connectivity index (χ2n) is 4.70. The molecule has 0 spiro atoms. The molecule has 0 bridgehead atoms. The highest BCUT2D eigenvalue weighted by Gasteiger charge is 2.20. The van der Waals surface area contributed by atoms with Gasteiger partial charge in [0, 0.05) is 11.8 Å². The number of urea groups is 1. The van der Waals surface area contributed by atoms with Crippen molar-refractivity contribution in [3.63, 3.8) is 0 Å². The molecular formula is C14H18N2O5. The molecule has 0 saturated carbocycles. The van der Waals surface area contributed by atoms with Crippen LogP contribution in [0.5, 0.6) is 11.5 Å². The minimum Gasteiger partial charge on any atom is -0.480 e. The normalized spacial score (nSPS) is 13.6. The Labute approximate surface area is 122 Å². The predicted octanol–water partition coefficient (Wildman–Crippen LogP) is 2.18. The zero-order chi connectivity index (χ0) is 15.2. The number of ether oxygens (including phenoxy) is 2. The molecule has 0 aromatic heterocycles. The molecule has 21 heavy (non-hydrogen) atoms. The second-order valence-corrected chi connectivity index (χ2v) is 4.70. The number of nitrogens with one attached hydrogen (secondary N) is 2. The van der Waals surface area contributed by atoms with Crippen LogP contribution in [0.1, 0.15) is 26.2 Å². The highest BCUT2D eigenvalue weighted by molar-refractivity contribution is 5.92. The average Bonchev–Trinajstić information content (AvgIpc) is 2.90. The van der Waals surface area contributed by atoms with E-state index in [1.54, 1.807) is 18.2 Å². The number of aliphatic carboxylic acids is 1. The van der Waals surface area contributed by atoms with E-state index >= 15 is 0 Å². The number of carboxylic acid groups (broad SMARTS) is 1. The van der Waals surface area contributed by atoms with Crippen LogP contribution in [0.25, 0.3) is 0 Å². The smallest absolute Gasteiger partial charge is 0.326 e. The highest BCUT2D eigenvalue weighted by atomic mass is 16.7. The Hall–Kier alpha value is -2.44. The van der Waals surface area contributed by atoms with Crippen LogP contribution in [0.3, 0.4) is 0 Å². The highest BCUT2D eigenvalue weighted by Crippen LogP contribution is 2.34. The third-order valence-electron chi connectivity index (χ3n) is 3.08. The van der Waals surface area contributed by atoms with Crippen molar-refractivity contribution in [3.05, 3.63) is 18.2 Å². The standard InChI is InChI=1S/C14H18N2O5/c1-2-3-4-10(13(17)18)16-14(19)15-9-5-6-11-12(7-9)21-8-20-11/h5-7,10H,2-4,8H2,1H3,(H,17,18)(H2,15,16,19). The molecule has 0 fully saturated rings. The number of fused-ring (bicyclic) bond motifs is 1. The van der Waals surface area contributed by atoms with Gasteiger partial charge in [0.05, 0.1) is 0 Å². The number of rotatable bonds is 6. The Morgan fingerprint density at radius 2 is 2.10 bits per heavy atom. The molecule has 3 N–H and O–H groups in total. The van der Waals surface area contributed by atoms with E-state index in [4.69, 9.17) is 14.6 Å². The van der Waals surface area contributed by atoms with Crippen LogP contribution in [-0.2, 0) is 4.79 Å². The van der Waals surface area contributed by atoms with E-state index in [1.807, 2.05) is 6.92 Å². The van der Waals surface area contributed by atoms with E-state index < -0.39 is 18.0 Å².